The fourth-order valence-electron chi connectivity index (χ4n) is 3.25. The minimum absolute atomic E-state index is 0.00966. The molecular formula is C18H19N5O. The van der Waals surface area contributed by atoms with Gasteiger partial charge in [-0.15, -0.1) is 0 Å². The van der Waals surface area contributed by atoms with Crippen LogP contribution >= 0.6 is 0 Å². The van der Waals surface area contributed by atoms with E-state index in [4.69, 9.17) is 0 Å². The number of nitrogens with one attached hydrogen (secondary N) is 1. The summed E-state index contributed by atoms with van der Waals surface area (Å²) < 4.78 is 1.78. The van der Waals surface area contributed by atoms with Crippen molar-refractivity contribution in [2.75, 3.05) is 19.6 Å². The third-order valence-corrected chi connectivity index (χ3v) is 4.45. The zero-order valence-corrected chi connectivity index (χ0v) is 13.5. The van der Waals surface area contributed by atoms with Gasteiger partial charge in [0, 0.05) is 38.1 Å². The third-order valence-electron chi connectivity index (χ3n) is 4.45. The smallest absolute Gasteiger partial charge is 0.272 e. The molecule has 6 nitrogen and oxygen atoms in total. The average Bonchev–Trinajstić information content (AvgIpc) is 2.97. The van der Waals surface area contributed by atoms with Crippen LogP contribution in [0.3, 0.4) is 0 Å². The highest BCUT2D eigenvalue weighted by molar-refractivity contribution is 5.94. The molecule has 1 aliphatic heterocycles. The van der Waals surface area contributed by atoms with Crippen molar-refractivity contribution in [3.8, 4) is 0 Å². The second-order valence-corrected chi connectivity index (χ2v) is 6.00. The summed E-state index contributed by atoms with van der Waals surface area (Å²) in [5, 5.41) is 3.49. The summed E-state index contributed by atoms with van der Waals surface area (Å²) >= 11 is 0. The molecule has 3 aromatic rings. The Bertz CT molecular complexity index is 874. The van der Waals surface area contributed by atoms with Crippen LogP contribution in [0.4, 0.5) is 0 Å². The first-order valence-electron chi connectivity index (χ1n) is 8.11. The summed E-state index contributed by atoms with van der Waals surface area (Å²) in [6.45, 7) is 3.98. The average molecular weight is 321 g/mol. The number of carbonyl (C=O) groups is 1. The van der Waals surface area contributed by atoms with Gasteiger partial charge in [0.2, 0.25) is 5.78 Å². The van der Waals surface area contributed by atoms with E-state index in [1.54, 1.807) is 10.6 Å². The number of hydrogen-bond acceptors (Lipinski definition) is 4. The molecule has 0 saturated carbocycles. The molecule has 0 aliphatic carbocycles. The Kier molecular flexibility index (Phi) is 3.74. The molecule has 1 aliphatic rings. The van der Waals surface area contributed by atoms with Crippen LogP contribution in [0.5, 0.6) is 0 Å². The van der Waals surface area contributed by atoms with Gasteiger partial charge < -0.3 is 10.2 Å². The van der Waals surface area contributed by atoms with Crippen molar-refractivity contribution in [2.24, 2.45) is 0 Å². The first-order valence-corrected chi connectivity index (χ1v) is 8.11. The van der Waals surface area contributed by atoms with Gasteiger partial charge in [-0.1, -0.05) is 30.3 Å². The Morgan fingerprint density at radius 3 is 2.92 bits per heavy atom. The maximum absolute atomic E-state index is 13.1. The molecule has 0 bridgehead atoms. The van der Waals surface area contributed by atoms with Gasteiger partial charge in [-0.2, -0.15) is 0 Å². The Labute approximate surface area is 140 Å². The SMILES string of the molecule is Cc1nc2ncccn2c1C(=O)N1CCN[C@@H](c2ccccc2)C1. The number of carbonyl (C=O) groups excluding carboxylic acids is 1. The third kappa shape index (κ3) is 2.55. The molecular weight excluding hydrogens is 302 g/mol. The van der Waals surface area contributed by atoms with E-state index in [9.17, 15) is 4.79 Å². The fourth-order valence-corrected chi connectivity index (χ4v) is 3.25. The Morgan fingerprint density at radius 2 is 2.08 bits per heavy atom. The van der Waals surface area contributed by atoms with Crippen molar-refractivity contribution in [3.05, 3.63) is 65.7 Å². The van der Waals surface area contributed by atoms with Crippen molar-refractivity contribution in [2.45, 2.75) is 13.0 Å². The monoisotopic (exact) mass is 321 g/mol. The van der Waals surface area contributed by atoms with E-state index in [2.05, 4.69) is 27.4 Å². The normalized spacial score (nSPS) is 18.0. The topological polar surface area (TPSA) is 62.5 Å². The van der Waals surface area contributed by atoms with E-state index >= 15 is 0 Å². The predicted molar refractivity (Wildman–Crippen MR) is 90.8 cm³/mol. The molecule has 0 spiro atoms. The molecule has 1 saturated heterocycles. The summed E-state index contributed by atoms with van der Waals surface area (Å²) in [5.41, 5.74) is 2.52. The largest absolute Gasteiger partial charge is 0.334 e. The highest BCUT2D eigenvalue weighted by Crippen LogP contribution is 2.20. The van der Waals surface area contributed by atoms with Gasteiger partial charge >= 0.3 is 0 Å². The predicted octanol–water partition coefficient (Wildman–Crippen LogP) is 1.82. The quantitative estimate of drug-likeness (QED) is 0.782. The maximum atomic E-state index is 13.1. The van der Waals surface area contributed by atoms with Gasteiger partial charge in [0.05, 0.1) is 5.69 Å². The molecule has 0 radical (unpaired) electrons. The summed E-state index contributed by atoms with van der Waals surface area (Å²) in [5.74, 6) is 0.573. The molecule has 122 valence electrons. The highest BCUT2D eigenvalue weighted by Gasteiger charge is 2.28. The van der Waals surface area contributed by atoms with Crippen LogP contribution in [0, 0.1) is 6.92 Å². The highest BCUT2D eigenvalue weighted by atomic mass is 16.2. The summed E-state index contributed by atoms with van der Waals surface area (Å²) in [7, 11) is 0. The maximum Gasteiger partial charge on any atom is 0.272 e. The first kappa shape index (κ1) is 14.8. The molecule has 1 amide bonds. The van der Waals surface area contributed by atoms with Crippen molar-refractivity contribution in [1.29, 1.82) is 0 Å². The summed E-state index contributed by atoms with van der Waals surface area (Å²) in [6, 6.07) is 12.2. The van der Waals surface area contributed by atoms with Crippen LogP contribution in [0.2, 0.25) is 0 Å². The zero-order chi connectivity index (χ0) is 16.5. The van der Waals surface area contributed by atoms with E-state index in [0.717, 1.165) is 6.54 Å². The number of piperazine rings is 1. The molecule has 4 rings (SSSR count). The van der Waals surface area contributed by atoms with Crippen LogP contribution in [-0.2, 0) is 0 Å². The number of amides is 1. The Hall–Kier alpha value is -2.73. The van der Waals surface area contributed by atoms with Crippen LogP contribution in [-0.4, -0.2) is 44.8 Å². The molecule has 0 unspecified atom stereocenters. The van der Waals surface area contributed by atoms with E-state index in [0.29, 0.717) is 30.3 Å². The number of aromatic nitrogens is 3. The molecule has 1 aromatic carbocycles. The molecule has 2 aromatic heterocycles. The van der Waals surface area contributed by atoms with Crippen molar-refractivity contribution in [3.63, 3.8) is 0 Å². The van der Waals surface area contributed by atoms with Gasteiger partial charge in [0.15, 0.2) is 0 Å². The lowest BCUT2D eigenvalue weighted by Gasteiger charge is -2.34. The van der Waals surface area contributed by atoms with Crippen molar-refractivity contribution < 1.29 is 4.79 Å². The second kappa shape index (κ2) is 6.05. The Morgan fingerprint density at radius 1 is 1.25 bits per heavy atom. The van der Waals surface area contributed by atoms with E-state index in [1.807, 2.05) is 42.3 Å². The number of hydrogen-bond donors (Lipinski definition) is 1. The van der Waals surface area contributed by atoms with E-state index in [1.165, 1.54) is 5.56 Å². The molecule has 1 fully saturated rings. The van der Waals surface area contributed by atoms with Crippen molar-refractivity contribution in [1.82, 2.24) is 24.6 Å². The van der Waals surface area contributed by atoms with Gasteiger partial charge in [-0.3, -0.25) is 9.20 Å². The lowest BCUT2D eigenvalue weighted by atomic mass is 10.0. The minimum atomic E-state index is 0.00966. The number of fused-ring (bicyclic) bond motifs is 1. The second-order valence-electron chi connectivity index (χ2n) is 6.00. The summed E-state index contributed by atoms with van der Waals surface area (Å²) in [4.78, 5) is 23.6. The number of nitrogens with zero attached hydrogens (tertiary/aromatic N) is 4. The molecule has 1 atom stereocenters. The number of rotatable bonds is 2. The Balaban J connectivity index is 1.63. The molecule has 24 heavy (non-hydrogen) atoms. The van der Waals surface area contributed by atoms with Crippen LogP contribution in [0.15, 0.2) is 48.8 Å². The first-order chi connectivity index (χ1) is 11.7. The lowest BCUT2D eigenvalue weighted by molar-refractivity contribution is 0.0695. The van der Waals surface area contributed by atoms with E-state index < -0.39 is 0 Å². The standard InChI is InChI=1S/C18H19N5O/c1-13-16(23-10-5-8-20-18(23)21-13)17(24)22-11-9-19-15(12-22)14-6-3-2-4-7-14/h2-8,10,15,19H,9,11-12H2,1H3/t15-/m1/s1. The lowest BCUT2D eigenvalue weighted by Crippen LogP contribution is -2.48. The van der Waals surface area contributed by atoms with Crippen LogP contribution in [0.1, 0.15) is 27.8 Å². The number of aryl methyl sites for hydroxylation is 1. The van der Waals surface area contributed by atoms with Gasteiger partial charge in [-0.05, 0) is 18.6 Å². The minimum Gasteiger partial charge on any atom is -0.334 e. The number of benzene rings is 1. The van der Waals surface area contributed by atoms with Crippen LogP contribution in [0.25, 0.3) is 5.78 Å². The molecule has 3 heterocycles. The van der Waals surface area contributed by atoms with Crippen LogP contribution < -0.4 is 5.32 Å². The molecule has 6 heteroatoms. The molecule has 1 N–H and O–H groups in total. The van der Waals surface area contributed by atoms with Crippen molar-refractivity contribution >= 4 is 11.7 Å². The number of imidazole rings is 1. The summed E-state index contributed by atoms with van der Waals surface area (Å²) in [6.07, 6.45) is 3.53. The zero-order valence-electron chi connectivity index (χ0n) is 13.5. The van der Waals surface area contributed by atoms with Gasteiger partial charge in [0.1, 0.15) is 5.69 Å². The van der Waals surface area contributed by atoms with E-state index in [-0.39, 0.29) is 11.9 Å². The fraction of sp³-hybridized carbons (Fsp3) is 0.278. The van der Waals surface area contributed by atoms with Gasteiger partial charge in [0.25, 0.3) is 5.91 Å². The van der Waals surface area contributed by atoms with Gasteiger partial charge in [-0.25, -0.2) is 9.97 Å².